The Morgan fingerprint density at radius 3 is 2.44 bits per heavy atom. The van der Waals surface area contributed by atoms with E-state index in [1.54, 1.807) is 19.5 Å². The summed E-state index contributed by atoms with van der Waals surface area (Å²) < 4.78 is 22.8. The molecule has 0 spiro atoms. The van der Waals surface area contributed by atoms with Gasteiger partial charge in [0, 0.05) is 23.9 Å². The van der Waals surface area contributed by atoms with Crippen LogP contribution in [0.5, 0.6) is 11.5 Å². The molecule has 0 fully saturated rings. The average molecular weight is 359 g/mol. The van der Waals surface area contributed by atoms with E-state index >= 15 is 0 Å². The fourth-order valence-corrected chi connectivity index (χ4v) is 2.52. The summed E-state index contributed by atoms with van der Waals surface area (Å²) in [4.78, 5) is 4.20. The summed E-state index contributed by atoms with van der Waals surface area (Å²) in [7, 11) is 1.66. The van der Waals surface area contributed by atoms with E-state index in [2.05, 4.69) is 17.1 Å². The van der Waals surface area contributed by atoms with Crippen LogP contribution in [0.3, 0.4) is 0 Å². The summed E-state index contributed by atoms with van der Waals surface area (Å²) in [6.07, 6.45) is 3.43. The molecule has 0 bridgehead atoms. The lowest BCUT2D eigenvalue weighted by Crippen LogP contribution is -1.99. The van der Waals surface area contributed by atoms with Gasteiger partial charge >= 0.3 is 0 Å². The van der Waals surface area contributed by atoms with Crippen LogP contribution in [0.1, 0.15) is 13.8 Å². The topological polar surface area (TPSA) is 31.4 Å². The summed E-state index contributed by atoms with van der Waals surface area (Å²) in [5.41, 5.74) is 2.02. The fraction of sp³-hybridized carbons (Fsp3) is 0.250. The van der Waals surface area contributed by atoms with Gasteiger partial charge in [0.2, 0.25) is 0 Å². The van der Waals surface area contributed by atoms with Crippen LogP contribution in [0.2, 0.25) is 0 Å². The number of hydrogen-bond donors (Lipinski definition) is 0. The number of pyridine rings is 1. The first-order chi connectivity index (χ1) is 12.3. The van der Waals surface area contributed by atoms with Crippen LogP contribution in [-0.2, 0) is 0 Å². The highest BCUT2D eigenvalue weighted by atomic mass is 32.2. The minimum atomic E-state index is 0.270. The van der Waals surface area contributed by atoms with E-state index in [-0.39, 0.29) is 12.1 Å². The molecule has 0 aliphatic carbocycles. The van der Waals surface area contributed by atoms with Crippen molar-refractivity contribution in [1.82, 2.24) is 4.98 Å². The summed E-state index contributed by atoms with van der Waals surface area (Å²) in [5.74, 6) is 1.79. The van der Waals surface area contributed by atoms with Crippen molar-refractivity contribution in [1.29, 1.82) is 0 Å². The molecule has 3 rings (SSSR count). The average Bonchev–Trinajstić information content (AvgIpc) is 2.69. The SMILES string of the molecule is CC.COc1ccc2cc(-c3cncc(OCCSF)c3)ccc2c1. The zero-order chi connectivity index (χ0) is 18.1. The molecule has 5 heteroatoms. The monoisotopic (exact) mass is 359 g/mol. The van der Waals surface area contributed by atoms with Crippen molar-refractivity contribution in [3.63, 3.8) is 0 Å². The number of ether oxygens (including phenoxy) is 2. The Morgan fingerprint density at radius 2 is 1.68 bits per heavy atom. The summed E-state index contributed by atoms with van der Waals surface area (Å²) in [6.45, 7) is 4.32. The van der Waals surface area contributed by atoms with Gasteiger partial charge in [0.15, 0.2) is 0 Å². The highest BCUT2D eigenvalue weighted by molar-refractivity contribution is 7.94. The Kier molecular flexibility index (Phi) is 7.54. The highest BCUT2D eigenvalue weighted by Gasteiger charge is 2.04. The largest absolute Gasteiger partial charge is 0.497 e. The van der Waals surface area contributed by atoms with Crippen LogP contribution in [0.4, 0.5) is 3.89 Å². The Bertz CT molecular complexity index is 811. The Balaban J connectivity index is 0.00000109. The second kappa shape index (κ2) is 9.89. The summed E-state index contributed by atoms with van der Waals surface area (Å²) in [6, 6.07) is 14.1. The molecule has 0 radical (unpaired) electrons. The molecular formula is C20H22FNO2S. The van der Waals surface area contributed by atoms with Crippen molar-refractivity contribution in [3.8, 4) is 22.6 Å². The maximum atomic E-state index is 12.1. The second-order valence-corrected chi connectivity index (χ2v) is 5.63. The van der Waals surface area contributed by atoms with Gasteiger partial charge in [-0.3, -0.25) is 4.98 Å². The van der Waals surface area contributed by atoms with E-state index in [9.17, 15) is 3.89 Å². The number of aromatic nitrogens is 1. The zero-order valence-corrected chi connectivity index (χ0v) is 15.5. The van der Waals surface area contributed by atoms with Crippen molar-refractivity contribution < 1.29 is 13.4 Å². The van der Waals surface area contributed by atoms with Crippen LogP contribution < -0.4 is 9.47 Å². The molecule has 0 unspecified atom stereocenters. The first-order valence-corrected chi connectivity index (χ1v) is 9.08. The van der Waals surface area contributed by atoms with Crippen LogP contribution in [0.25, 0.3) is 21.9 Å². The van der Waals surface area contributed by atoms with Crippen molar-refractivity contribution in [2.24, 2.45) is 0 Å². The first-order valence-electron chi connectivity index (χ1n) is 8.20. The fourth-order valence-electron chi connectivity index (χ4n) is 2.38. The molecule has 1 heterocycles. The Labute approximate surface area is 152 Å². The van der Waals surface area contributed by atoms with Gasteiger partial charge in [-0.1, -0.05) is 32.0 Å². The molecule has 0 atom stereocenters. The molecule has 2 aromatic carbocycles. The van der Waals surface area contributed by atoms with Crippen LogP contribution in [-0.4, -0.2) is 24.5 Å². The maximum Gasteiger partial charge on any atom is 0.138 e. The normalized spacial score (nSPS) is 10.1. The van der Waals surface area contributed by atoms with Crippen LogP contribution >= 0.6 is 12.1 Å². The molecule has 3 nitrogen and oxygen atoms in total. The number of benzene rings is 2. The third kappa shape index (κ3) is 5.10. The Hall–Kier alpha value is -2.27. The van der Waals surface area contributed by atoms with Gasteiger partial charge in [-0.25, -0.2) is 0 Å². The van der Waals surface area contributed by atoms with E-state index in [0.717, 1.165) is 27.6 Å². The number of nitrogens with zero attached hydrogens (tertiary/aromatic N) is 1. The summed E-state index contributed by atoms with van der Waals surface area (Å²) in [5, 5.41) is 2.25. The molecule has 0 N–H and O–H groups in total. The number of hydrogen-bond acceptors (Lipinski definition) is 4. The van der Waals surface area contributed by atoms with E-state index in [4.69, 9.17) is 9.47 Å². The van der Waals surface area contributed by atoms with E-state index in [1.165, 1.54) is 0 Å². The van der Waals surface area contributed by atoms with E-state index < -0.39 is 0 Å². The number of rotatable bonds is 6. The van der Waals surface area contributed by atoms with E-state index in [0.29, 0.717) is 18.1 Å². The molecule has 25 heavy (non-hydrogen) atoms. The Morgan fingerprint density at radius 1 is 0.920 bits per heavy atom. The minimum absolute atomic E-state index is 0.270. The van der Waals surface area contributed by atoms with E-state index in [1.807, 2.05) is 44.2 Å². The van der Waals surface area contributed by atoms with Gasteiger partial charge in [0.25, 0.3) is 0 Å². The quantitative estimate of drug-likeness (QED) is 0.510. The van der Waals surface area contributed by atoms with Crippen molar-refractivity contribution >= 4 is 22.9 Å². The first kappa shape index (κ1) is 19.1. The molecule has 0 saturated carbocycles. The van der Waals surface area contributed by atoms with Crippen molar-refractivity contribution in [2.75, 3.05) is 19.5 Å². The smallest absolute Gasteiger partial charge is 0.138 e. The van der Waals surface area contributed by atoms with Gasteiger partial charge in [-0.05, 0) is 40.6 Å². The molecule has 132 valence electrons. The maximum absolute atomic E-state index is 12.1. The zero-order valence-electron chi connectivity index (χ0n) is 14.7. The van der Waals surface area contributed by atoms with Crippen LogP contribution in [0, 0.1) is 0 Å². The number of methoxy groups -OCH3 is 1. The standard InChI is InChI=1S/C18H16FNO2S.C2H6/c1-21-17-5-4-13-8-14(2-3-15(13)9-17)16-10-18(12-20-11-16)22-6-7-23-19;1-2/h2-5,8-12H,6-7H2,1H3;1-2H3. The van der Waals surface area contributed by atoms with Gasteiger partial charge < -0.3 is 9.47 Å². The third-order valence-electron chi connectivity index (χ3n) is 3.52. The van der Waals surface area contributed by atoms with Gasteiger partial charge in [-0.2, -0.15) is 3.89 Å². The molecule has 1 aromatic heterocycles. The van der Waals surface area contributed by atoms with Crippen molar-refractivity contribution in [3.05, 3.63) is 54.9 Å². The van der Waals surface area contributed by atoms with Crippen LogP contribution in [0.15, 0.2) is 54.9 Å². The molecular weight excluding hydrogens is 337 g/mol. The lowest BCUT2D eigenvalue weighted by molar-refractivity contribution is 0.342. The van der Waals surface area contributed by atoms with Gasteiger partial charge in [0.1, 0.15) is 11.5 Å². The van der Waals surface area contributed by atoms with Crippen molar-refractivity contribution in [2.45, 2.75) is 13.8 Å². The molecule has 0 amide bonds. The lowest BCUT2D eigenvalue weighted by Gasteiger charge is -2.08. The molecule has 0 saturated heterocycles. The minimum Gasteiger partial charge on any atom is -0.497 e. The number of halogens is 1. The predicted octanol–water partition coefficient (Wildman–Crippen LogP) is 5.93. The van der Waals surface area contributed by atoms with Gasteiger partial charge in [-0.15, -0.1) is 0 Å². The van der Waals surface area contributed by atoms with Gasteiger partial charge in [0.05, 0.1) is 25.7 Å². The predicted molar refractivity (Wildman–Crippen MR) is 104 cm³/mol. The third-order valence-corrected chi connectivity index (χ3v) is 3.84. The highest BCUT2D eigenvalue weighted by Crippen LogP contribution is 2.28. The molecule has 0 aliphatic heterocycles. The molecule has 3 aromatic rings. The second-order valence-electron chi connectivity index (χ2n) is 5.00. The number of fused-ring (bicyclic) bond motifs is 1. The lowest BCUT2D eigenvalue weighted by atomic mass is 10.0. The molecule has 0 aliphatic rings. The summed E-state index contributed by atoms with van der Waals surface area (Å²) >= 11 is 0.270.